The normalized spacial score (nSPS) is 16.2. The Kier molecular flexibility index (Phi) is 6.73. The van der Waals surface area contributed by atoms with E-state index in [1.165, 1.54) is 0 Å². The van der Waals surface area contributed by atoms with Crippen LogP contribution in [0.25, 0.3) is 11.1 Å². The second-order valence-corrected chi connectivity index (χ2v) is 6.13. The molecular weight excluding hydrogens is 298 g/mol. The smallest absolute Gasteiger partial charge is 0.141 e. The highest BCUT2D eigenvalue weighted by atomic mass is 16.5. The van der Waals surface area contributed by atoms with Gasteiger partial charge in [0.15, 0.2) is 0 Å². The first-order valence-electron chi connectivity index (χ1n) is 8.88. The van der Waals surface area contributed by atoms with Crippen molar-refractivity contribution in [2.45, 2.75) is 46.6 Å². The third kappa shape index (κ3) is 4.54. The van der Waals surface area contributed by atoms with E-state index in [1.807, 2.05) is 33.9 Å². The molecule has 0 atom stereocenters. The van der Waals surface area contributed by atoms with Crippen LogP contribution in [0.1, 0.15) is 43.7 Å². The molecule has 1 aliphatic rings. The molecule has 0 saturated carbocycles. The molecule has 1 fully saturated rings. The average molecular weight is 327 g/mol. The zero-order valence-corrected chi connectivity index (χ0v) is 15.5. The van der Waals surface area contributed by atoms with Crippen molar-refractivity contribution >= 4 is 6.21 Å². The summed E-state index contributed by atoms with van der Waals surface area (Å²) in [5, 5.41) is 4.01. The molecule has 1 aliphatic heterocycles. The highest BCUT2D eigenvalue weighted by molar-refractivity contribution is 5.81. The van der Waals surface area contributed by atoms with Crippen LogP contribution in [0.4, 0.5) is 0 Å². The minimum Gasteiger partial charge on any atom is -0.361 e. The molecule has 1 aromatic heterocycles. The number of aliphatic imine (C=N–C) groups is 1. The summed E-state index contributed by atoms with van der Waals surface area (Å²) in [5.74, 6) is 0.866. The van der Waals surface area contributed by atoms with Crippen LogP contribution in [0, 0.1) is 13.8 Å². The molecule has 0 unspecified atom stereocenters. The Labute approximate surface area is 145 Å². The lowest BCUT2D eigenvalue weighted by Crippen LogP contribution is -2.32. The minimum absolute atomic E-state index is 0.471. The lowest BCUT2D eigenvalue weighted by Gasteiger charge is -2.26. The van der Waals surface area contributed by atoms with Crippen molar-refractivity contribution in [3.05, 3.63) is 41.3 Å². The Balaban J connectivity index is 0.00000100. The summed E-state index contributed by atoms with van der Waals surface area (Å²) in [5.41, 5.74) is 4.33. The van der Waals surface area contributed by atoms with E-state index in [0.717, 1.165) is 54.1 Å². The second-order valence-electron chi connectivity index (χ2n) is 6.13. The molecular formula is C20H29N3O. The Hall–Kier alpha value is -1.94. The standard InChI is InChI=1S/C18H23N3O.C2H6/c1-13-18(14(2)22-20-13)16-6-4-15(5-7-16)12-19-17-8-10-21(3)11-9-17;1-2/h4-7,12,17H,8-11H2,1-3H3;1-2H3. The van der Waals surface area contributed by atoms with Gasteiger partial charge in [-0.1, -0.05) is 43.3 Å². The summed E-state index contributed by atoms with van der Waals surface area (Å²) in [6, 6.07) is 8.92. The molecule has 0 N–H and O–H groups in total. The fourth-order valence-electron chi connectivity index (χ4n) is 2.97. The molecule has 4 nitrogen and oxygen atoms in total. The minimum atomic E-state index is 0.471. The van der Waals surface area contributed by atoms with Crippen molar-refractivity contribution in [1.29, 1.82) is 0 Å². The van der Waals surface area contributed by atoms with E-state index in [-0.39, 0.29) is 0 Å². The maximum Gasteiger partial charge on any atom is 0.141 e. The Morgan fingerprint density at radius 1 is 1.12 bits per heavy atom. The zero-order chi connectivity index (χ0) is 17.5. The summed E-state index contributed by atoms with van der Waals surface area (Å²) < 4.78 is 5.24. The first kappa shape index (κ1) is 18.4. The quantitative estimate of drug-likeness (QED) is 0.780. The molecule has 0 spiro atoms. The van der Waals surface area contributed by atoms with Gasteiger partial charge in [0.25, 0.3) is 0 Å². The lowest BCUT2D eigenvalue weighted by molar-refractivity contribution is 0.257. The van der Waals surface area contributed by atoms with E-state index in [4.69, 9.17) is 9.52 Å². The summed E-state index contributed by atoms with van der Waals surface area (Å²) >= 11 is 0. The number of nitrogens with zero attached hydrogens (tertiary/aromatic N) is 3. The lowest BCUT2D eigenvalue weighted by atomic mass is 10.0. The van der Waals surface area contributed by atoms with Crippen molar-refractivity contribution in [1.82, 2.24) is 10.1 Å². The summed E-state index contributed by atoms with van der Waals surface area (Å²) in [6.45, 7) is 10.2. The molecule has 24 heavy (non-hydrogen) atoms. The Morgan fingerprint density at radius 3 is 2.29 bits per heavy atom. The van der Waals surface area contributed by atoms with Gasteiger partial charge in [-0.15, -0.1) is 0 Å². The van der Waals surface area contributed by atoms with Gasteiger partial charge in [0.2, 0.25) is 0 Å². The topological polar surface area (TPSA) is 41.6 Å². The van der Waals surface area contributed by atoms with E-state index in [1.54, 1.807) is 0 Å². The molecule has 0 amide bonds. The van der Waals surface area contributed by atoms with Crippen LogP contribution in [0.2, 0.25) is 0 Å². The zero-order valence-electron chi connectivity index (χ0n) is 15.5. The molecule has 2 aromatic rings. The van der Waals surface area contributed by atoms with Gasteiger partial charge in [0.05, 0.1) is 11.7 Å². The third-order valence-electron chi connectivity index (χ3n) is 4.36. The van der Waals surface area contributed by atoms with E-state index in [2.05, 4.69) is 41.4 Å². The fraction of sp³-hybridized carbons (Fsp3) is 0.500. The maximum atomic E-state index is 5.24. The summed E-state index contributed by atoms with van der Waals surface area (Å²) in [4.78, 5) is 7.10. The van der Waals surface area contributed by atoms with Gasteiger partial charge in [-0.2, -0.15) is 0 Å². The number of likely N-dealkylation sites (tertiary alicyclic amines) is 1. The number of benzene rings is 1. The molecule has 1 saturated heterocycles. The SMILES string of the molecule is CC.Cc1noc(C)c1-c1ccc(C=NC2CCN(C)CC2)cc1. The van der Waals surface area contributed by atoms with Crippen molar-refractivity contribution in [2.75, 3.05) is 20.1 Å². The first-order chi connectivity index (χ1) is 11.6. The molecule has 130 valence electrons. The van der Waals surface area contributed by atoms with E-state index >= 15 is 0 Å². The average Bonchev–Trinajstić information content (AvgIpc) is 2.95. The second kappa shape index (κ2) is 8.78. The summed E-state index contributed by atoms with van der Waals surface area (Å²) in [7, 11) is 2.17. The van der Waals surface area contributed by atoms with Crippen molar-refractivity contribution in [3.8, 4) is 11.1 Å². The molecule has 0 aliphatic carbocycles. The highest BCUT2D eigenvalue weighted by Crippen LogP contribution is 2.26. The number of aromatic nitrogens is 1. The van der Waals surface area contributed by atoms with Crippen LogP contribution in [0.5, 0.6) is 0 Å². The van der Waals surface area contributed by atoms with Crippen LogP contribution in [-0.2, 0) is 0 Å². The van der Waals surface area contributed by atoms with Gasteiger partial charge < -0.3 is 9.42 Å². The van der Waals surface area contributed by atoms with Crippen molar-refractivity contribution in [2.24, 2.45) is 4.99 Å². The largest absolute Gasteiger partial charge is 0.361 e. The van der Waals surface area contributed by atoms with E-state index in [9.17, 15) is 0 Å². The van der Waals surface area contributed by atoms with Gasteiger partial charge in [0, 0.05) is 11.8 Å². The molecule has 0 radical (unpaired) electrons. The Bertz CT molecular complexity index is 631. The van der Waals surface area contributed by atoms with Crippen LogP contribution in [-0.4, -0.2) is 42.5 Å². The van der Waals surface area contributed by atoms with Crippen LogP contribution in [0.15, 0.2) is 33.8 Å². The highest BCUT2D eigenvalue weighted by Gasteiger charge is 2.14. The number of hydrogen-bond donors (Lipinski definition) is 0. The van der Waals surface area contributed by atoms with Crippen molar-refractivity contribution in [3.63, 3.8) is 0 Å². The summed E-state index contributed by atoms with van der Waals surface area (Å²) in [6.07, 6.45) is 4.32. The first-order valence-corrected chi connectivity index (χ1v) is 8.88. The number of hydrogen-bond acceptors (Lipinski definition) is 4. The molecule has 4 heteroatoms. The van der Waals surface area contributed by atoms with Gasteiger partial charge in [0.1, 0.15) is 5.76 Å². The number of aryl methyl sites for hydroxylation is 2. The number of rotatable bonds is 3. The van der Waals surface area contributed by atoms with Crippen LogP contribution in [0.3, 0.4) is 0 Å². The maximum absolute atomic E-state index is 5.24. The van der Waals surface area contributed by atoms with Crippen LogP contribution >= 0.6 is 0 Å². The van der Waals surface area contributed by atoms with E-state index < -0.39 is 0 Å². The monoisotopic (exact) mass is 327 g/mol. The van der Waals surface area contributed by atoms with Gasteiger partial charge in [-0.05, 0) is 58.0 Å². The van der Waals surface area contributed by atoms with E-state index in [0.29, 0.717) is 6.04 Å². The Morgan fingerprint density at radius 2 is 1.75 bits per heavy atom. The molecule has 2 heterocycles. The number of piperidine rings is 1. The molecule has 3 rings (SSSR count). The van der Waals surface area contributed by atoms with Gasteiger partial charge >= 0.3 is 0 Å². The predicted molar refractivity (Wildman–Crippen MR) is 101 cm³/mol. The van der Waals surface area contributed by atoms with Crippen molar-refractivity contribution < 1.29 is 4.52 Å². The molecule has 1 aromatic carbocycles. The predicted octanol–water partition coefficient (Wildman–Crippen LogP) is 4.50. The van der Waals surface area contributed by atoms with Gasteiger partial charge in [-0.25, -0.2) is 0 Å². The van der Waals surface area contributed by atoms with Gasteiger partial charge in [-0.3, -0.25) is 4.99 Å². The third-order valence-corrected chi connectivity index (χ3v) is 4.36. The fourth-order valence-corrected chi connectivity index (χ4v) is 2.97. The van der Waals surface area contributed by atoms with Crippen LogP contribution < -0.4 is 0 Å². The molecule has 0 bridgehead atoms.